The van der Waals surface area contributed by atoms with Crippen molar-refractivity contribution in [1.82, 2.24) is 19.9 Å². The molecule has 0 N–H and O–H groups in total. The second-order valence-corrected chi connectivity index (χ2v) is 24.2. The minimum absolute atomic E-state index is 0.0683. The van der Waals surface area contributed by atoms with Crippen LogP contribution in [-0.4, -0.2) is 26.0 Å². The molecule has 12 heteroatoms. The Hall–Kier alpha value is -13.3. The molecule has 0 amide bonds. The molecule has 18 rings (SSSR count). The van der Waals surface area contributed by atoms with Crippen LogP contribution in [0.2, 0.25) is 0 Å². The van der Waals surface area contributed by atoms with Gasteiger partial charge in [-0.15, -0.1) is 0 Å². The van der Waals surface area contributed by atoms with Crippen LogP contribution in [0.25, 0.3) is 32.8 Å². The molecule has 12 aromatic carbocycles. The molecule has 0 saturated carbocycles. The normalized spacial score (nSPS) is 13.4. The Morgan fingerprint density at radius 3 is 0.939 bits per heavy atom. The van der Waals surface area contributed by atoms with Gasteiger partial charge in [0.25, 0.3) is 0 Å². The molecule has 0 spiro atoms. The van der Waals surface area contributed by atoms with E-state index in [4.69, 9.17) is 29.4 Å². The molecule has 98 heavy (non-hydrogen) atoms. The predicted octanol–water partition coefficient (Wildman–Crippen LogP) is 23.3. The zero-order chi connectivity index (χ0) is 64.9. The number of para-hydroxylation sites is 7. The number of fused-ring (bicyclic) bond motifs is 10. The lowest BCUT2D eigenvalue weighted by atomic mass is 10.0. The van der Waals surface area contributed by atoms with Crippen molar-refractivity contribution in [3.8, 4) is 23.0 Å². The molecule has 12 nitrogen and oxygen atoms in total. The number of rotatable bonds is 14. The number of hydrogen-bond donors (Lipinski definition) is 0. The van der Waals surface area contributed by atoms with Crippen LogP contribution in [0.1, 0.15) is 6.42 Å². The number of ether oxygens (including phenoxy) is 2. The Balaban J connectivity index is 0.829. The van der Waals surface area contributed by atoms with Crippen molar-refractivity contribution in [2.45, 2.75) is 12.5 Å². The zero-order valence-corrected chi connectivity index (χ0v) is 53.0. The van der Waals surface area contributed by atoms with Crippen molar-refractivity contribution in [2.24, 2.45) is 0 Å². The smallest absolute Gasteiger partial charge is 0.153 e. The summed E-state index contributed by atoms with van der Waals surface area (Å²) in [5.41, 5.74) is 16.9. The van der Waals surface area contributed by atoms with E-state index in [1.165, 1.54) is 0 Å². The topological polar surface area (TPSA) is 89.5 Å². The monoisotopic (exact) mass is 1260 g/mol. The first kappa shape index (κ1) is 57.4. The van der Waals surface area contributed by atoms with E-state index in [2.05, 4.69) is 327 Å². The molecule has 15 aromatic rings. The number of allylic oxidation sites excluding steroid dienone is 2. The summed E-state index contributed by atoms with van der Waals surface area (Å²) in [5, 5.41) is 1.62. The number of pyridine rings is 2. The summed E-state index contributed by atoms with van der Waals surface area (Å²) in [6, 6.07) is 107. The van der Waals surface area contributed by atoms with Crippen LogP contribution in [0.15, 0.2) is 346 Å². The molecule has 466 valence electrons. The maximum Gasteiger partial charge on any atom is 0.153 e. The van der Waals surface area contributed by atoms with Crippen molar-refractivity contribution in [2.75, 3.05) is 29.4 Å². The fourth-order valence-electron chi connectivity index (χ4n) is 13.9. The Labute approximate surface area is 567 Å². The van der Waals surface area contributed by atoms with Crippen molar-refractivity contribution in [3.05, 3.63) is 346 Å². The van der Waals surface area contributed by atoms with Gasteiger partial charge in [-0.3, -0.25) is 19.8 Å². The quantitative estimate of drug-likeness (QED) is 0.0972. The van der Waals surface area contributed by atoms with E-state index in [1.54, 1.807) is 12.4 Å². The van der Waals surface area contributed by atoms with Crippen LogP contribution in [0.5, 0.6) is 23.0 Å². The van der Waals surface area contributed by atoms with Gasteiger partial charge in [0.15, 0.2) is 23.0 Å². The summed E-state index contributed by atoms with van der Waals surface area (Å²) in [7, 11) is 0. The molecule has 5 heterocycles. The fraction of sp³-hybridized carbons (Fsp3) is 0.0233. The van der Waals surface area contributed by atoms with Crippen LogP contribution in [0.3, 0.4) is 0 Å². The highest BCUT2D eigenvalue weighted by Crippen LogP contribution is 2.56. The third kappa shape index (κ3) is 10.3. The molecule has 1 unspecified atom stereocenters. The SMILES string of the molecule is C1=CCC(N(c2ccccc2)c2ccc3c(c2)Oc2cc(N(c4ccccc4)c4ccccc4)ccc2N3c2ccc3c4nccnc4c4ccc(N5c6ccc(N(c7ccccc7)c7ccccc7)cc6Oc6cc(N(c7ccccc7)c7ccccc7)ccc65)nc4c3n2)C=C1. The lowest BCUT2D eigenvalue weighted by Crippen LogP contribution is -2.30. The van der Waals surface area contributed by atoms with Gasteiger partial charge >= 0.3 is 0 Å². The van der Waals surface area contributed by atoms with E-state index in [1.807, 2.05) is 36.4 Å². The lowest BCUT2D eigenvalue weighted by molar-refractivity contribution is 0.476. The number of hydrogen-bond acceptors (Lipinski definition) is 12. The molecule has 0 saturated heterocycles. The molecule has 1 aliphatic carbocycles. The van der Waals surface area contributed by atoms with Crippen LogP contribution in [0, 0.1) is 0 Å². The van der Waals surface area contributed by atoms with Gasteiger partial charge in [0.1, 0.15) is 22.7 Å². The number of nitrogens with zero attached hydrogens (tertiary/aromatic N) is 10. The minimum Gasteiger partial charge on any atom is -0.453 e. The van der Waals surface area contributed by atoms with Gasteiger partial charge in [-0.25, -0.2) is 9.97 Å². The molecule has 3 aliphatic rings. The first-order valence-corrected chi connectivity index (χ1v) is 32.9. The number of benzene rings is 12. The van der Waals surface area contributed by atoms with E-state index in [0.717, 1.165) is 114 Å². The van der Waals surface area contributed by atoms with Gasteiger partial charge < -0.3 is 29.1 Å². The Kier molecular flexibility index (Phi) is 14.4. The van der Waals surface area contributed by atoms with Gasteiger partial charge in [0.05, 0.1) is 39.8 Å². The van der Waals surface area contributed by atoms with E-state index in [0.29, 0.717) is 45.7 Å². The molecular formula is C86H60N10O2. The summed E-state index contributed by atoms with van der Waals surface area (Å²) in [5.74, 6) is 3.95. The van der Waals surface area contributed by atoms with Crippen molar-refractivity contribution in [3.63, 3.8) is 0 Å². The molecule has 2 aliphatic heterocycles. The molecule has 0 fully saturated rings. The van der Waals surface area contributed by atoms with Gasteiger partial charge in [-0.05, 0) is 164 Å². The third-order valence-electron chi connectivity index (χ3n) is 18.3. The van der Waals surface area contributed by atoms with Crippen LogP contribution in [0.4, 0.5) is 96.9 Å². The Bertz CT molecular complexity index is 5290. The average Bonchev–Trinajstić information content (AvgIpc) is 0.728. The van der Waals surface area contributed by atoms with Gasteiger partial charge in [0, 0.05) is 110 Å². The van der Waals surface area contributed by atoms with Gasteiger partial charge in [-0.1, -0.05) is 152 Å². The first-order valence-electron chi connectivity index (χ1n) is 32.9. The largest absolute Gasteiger partial charge is 0.453 e. The maximum atomic E-state index is 7.29. The summed E-state index contributed by atoms with van der Waals surface area (Å²) < 4.78 is 14.6. The highest BCUT2D eigenvalue weighted by molar-refractivity contribution is 6.21. The summed E-state index contributed by atoms with van der Waals surface area (Å²) in [6.45, 7) is 0. The molecule has 0 radical (unpaired) electrons. The van der Waals surface area contributed by atoms with Crippen molar-refractivity contribution >= 4 is 130 Å². The van der Waals surface area contributed by atoms with Crippen molar-refractivity contribution < 1.29 is 9.47 Å². The molecule has 0 bridgehead atoms. The predicted molar refractivity (Wildman–Crippen MR) is 399 cm³/mol. The van der Waals surface area contributed by atoms with Gasteiger partial charge in [0.2, 0.25) is 0 Å². The second kappa shape index (κ2) is 24.5. The summed E-state index contributed by atoms with van der Waals surface area (Å²) in [6.07, 6.45) is 13.1. The van der Waals surface area contributed by atoms with Gasteiger partial charge in [-0.2, -0.15) is 0 Å². The summed E-state index contributed by atoms with van der Waals surface area (Å²) >= 11 is 0. The van der Waals surface area contributed by atoms with E-state index >= 15 is 0 Å². The van der Waals surface area contributed by atoms with E-state index < -0.39 is 0 Å². The van der Waals surface area contributed by atoms with E-state index in [-0.39, 0.29) is 6.04 Å². The standard InChI is InChI=1S/C86H60N10O2/c1-9-25-59(26-10-1)91(60-27-11-2-12-28-60)67-41-47-73-77(55-67)97-78-56-68(92(61-29-13-3-14-30-61)62-31-15-4-16-32-62)42-48-74(78)95(73)81-51-45-71-83-84(88-54-53-87-83)72-46-52-82(90-86(72)85(71)89-81)96-75-49-43-69(93(63-33-17-5-18-34-63)64-35-19-6-20-36-64)57-79(75)98-80-58-70(44-50-76(80)96)94(65-37-21-7-22-38-65)66-39-23-8-24-40-66/h1-39,41-58,66H,40H2. The molecular weight excluding hydrogens is 1210 g/mol. The van der Waals surface area contributed by atoms with Crippen molar-refractivity contribution in [1.29, 1.82) is 0 Å². The van der Waals surface area contributed by atoms with E-state index in [9.17, 15) is 0 Å². The maximum absolute atomic E-state index is 7.29. The average molecular weight is 1270 g/mol. The summed E-state index contributed by atoms with van der Waals surface area (Å²) in [4.78, 5) is 35.2. The second-order valence-electron chi connectivity index (χ2n) is 24.2. The third-order valence-corrected chi connectivity index (χ3v) is 18.3. The van der Waals surface area contributed by atoms with Crippen LogP contribution >= 0.6 is 0 Å². The molecule has 3 aromatic heterocycles. The highest BCUT2D eigenvalue weighted by Gasteiger charge is 2.34. The zero-order valence-electron chi connectivity index (χ0n) is 53.0. The number of aromatic nitrogens is 4. The Morgan fingerprint density at radius 1 is 0.296 bits per heavy atom. The minimum atomic E-state index is 0.0683. The lowest BCUT2D eigenvalue weighted by Gasteiger charge is -2.36. The van der Waals surface area contributed by atoms with Crippen LogP contribution < -0.4 is 38.9 Å². The first-order chi connectivity index (χ1) is 48.6. The Morgan fingerprint density at radius 2 is 0.612 bits per heavy atom. The highest BCUT2D eigenvalue weighted by atomic mass is 16.5. The fourth-order valence-corrected chi connectivity index (χ4v) is 13.9. The van der Waals surface area contributed by atoms with Crippen LogP contribution in [-0.2, 0) is 0 Å². The number of anilines is 17. The molecule has 1 atom stereocenters.